The molecule has 224 valence electrons. The lowest BCUT2D eigenvalue weighted by Crippen LogP contribution is -2.33. The summed E-state index contributed by atoms with van der Waals surface area (Å²) in [5, 5.41) is 12.5. The first-order valence-electron chi connectivity index (χ1n) is 12.8. The second kappa shape index (κ2) is 11.0. The Morgan fingerprint density at radius 3 is 2.41 bits per heavy atom. The van der Waals surface area contributed by atoms with E-state index in [9.17, 15) is 42.5 Å². The fourth-order valence-corrected chi connectivity index (χ4v) is 8.10. The van der Waals surface area contributed by atoms with Gasteiger partial charge in [0.15, 0.2) is 0 Å². The number of fused-ring (bicyclic) bond motifs is 2. The van der Waals surface area contributed by atoms with E-state index in [0.717, 1.165) is 44.7 Å². The number of benzene rings is 2. The second-order valence-corrected chi connectivity index (χ2v) is 12.0. The van der Waals surface area contributed by atoms with Crippen molar-refractivity contribution in [1.82, 2.24) is 9.55 Å². The molecule has 6 rings (SSSR count). The first-order chi connectivity index (χ1) is 21.0. The number of carbonyl (C=O) groups is 3. The van der Waals surface area contributed by atoms with Gasteiger partial charge in [0.05, 0.1) is 32.8 Å². The number of rotatable bonds is 6. The monoisotopic (exact) mass is 641 g/mol. The third kappa shape index (κ3) is 5.05. The van der Waals surface area contributed by atoms with E-state index in [0.29, 0.717) is 10.4 Å². The Morgan fingerprint density at radius 2 is 1.75 bits per heavy atom. The van der Waals surface area contributed by atoms with Crippen molar-refractivity contribution >= 4 is 57.9 Å². The number of imide groups is 1. The second-order valence-electron chi connectivity index (χ2n) is 9.83. The van der Waals surface area contributed by atoms with Gasteiger partial charge >= 0.3 is 11.0 Å². The number of alkyl halides is 3. The van der Waals surface area contributed by atoms with Gasteiger partial charge in [-0.2, -0.15) is 13.2 Å². The van der Waals surface area contributed by atoms with Crippen molar-refractivity contribution in [2.75, 3.05) is 10.2 Å². The minimum atomic E-state index is -4.73. The highest BCUT2D eigenvalue weighted by atomic mass is 32.2. The van der Waals surface area contributed by atoms with Crippen LogP contribution in [0.15, 0.2) is 82.9 Å². The zero-order valence-electron chi connectivity index (χ0n) is 22.1. The van der Waals surface area contributed by atoms with Crippen molar-refractivity contribution in [2.24, 2.45) is 5.92 Å². The average Bonchev–Trinajstić information content (AvgIpc) is 3.43. The van der Waals surface area contributed by atoms with Crippen molar-refractivity contribution in [2.45, 2.75) is 28.9 Å². The molecular formula is C28H18F3N5O6S2. The van der Waals surface area contributed by atoms with Gasteiger partial charge in [-0.3, -0.25) is 38.8 Å². The van der Waals surface area contributed by atoms with Gasteiger partial charge in [-0.1, -0.05) is 41.3 Å². The maximum atomic E-state index is 13.8. The number of nitro benzene ring substituents is 1. The quantitative estimate of drug-likeness (QED) is 0.182. The number of hydrogen-bond donors (Lipinski definition) is 1. The molecule has 4 aromatic rings. The molecule has 2 aromatic carbocycles. The van der Waals surface area contributed by atoms with Gasteiger partial charge in [-0.05, 0) is 35.9 Å². The van der Waals surface area contributed by atoms with Crippen LogP contribution in [0, 0.1) is 16.0 Å². The summed E-state index contributed by atoms with van der Waals surface area (Å²) in [4.78, 5) is 69.2. The van der Waals surface area contributed by atoms with Gasteiger partial charge in [-0.25, -0.2) is 4.90 Å². The van der Waals surface area contributed by atoms with Gasteiger partial charge in [0.1, 0.15) is 11.8 Å². The highest BCUT2D eigenvalue weighted by molar-refractivity contribution is 8.00. The number of aromatic nitrogens is 2. The summed E-state index contributed by atoms with van der Waals surface area (Å²) in [5.41, 5.74) is -1.08. The first kappa shape index (κ1) is 29.3. The van der Waals surface area contributed by atoms with Crippen LogP contribution in [0.2, 0.25) is 0 Å². The fourth-order valence-electron chi connectivity index (χ4n) is 5.32. The lowest BCUT2D eigenvalue weighted by Gasteiger charge is -2.30. The molecule has 2 aliphatic heterocycles. The van der Waals surface area contributed by atoms with Crippen LogP contribution in [-0.2, 0) is 27.1 Å². The van der Waals surface area contributed by atoms with Crippen molar-refractivity contribution in [1.29, 1.82) is 0 Å². The summed E-state index contributed by atoms with van der Waals surface area (Å²) in [6.45, 7) is -0.644. The van der Waals surface area contributed by atoms with E-state index in [1.807, 2.05) is 0 Å². The summed E-state index contributed by atoms with van der Waals surface area (Å²) >= 11 is 1.69. The van der Waals surface area contributed by atoms with Crippen molar-refractivity contribution in [3.05, 3.63) is 109 Å². The number of thioether (sulfide) groups is 1. The van der Waals surface area contributed by atoms with Crippen LogP contribution in [0.3, 0.4) is 0 Å². The normalized spacial score (nSPS) is 19.4. The molecule has 16 heteroatoms. The van der Waals surface area contributed by atoms with Crippen molar-refractivity contribution in [3.63, 3.8) is 0 Å². The molecule has 0 saturated carbocycles. The van der Waals surface area contributed by atoms with Gasteiger partial charge in [-0.15, -0.1) is 0 Å². The topological polar surface area (TPSA) is 145 Å². The van der Waals surface area contributed by atoms with E-state index in [-0.39, 0.29) is 16.4 Å². The van der Waals surface area contributed by atoms with Crippen molar-refractivity contribution in [3.8, 4) is 0 Å². The zero-order valence-corrected chi connectivity index (χ0v) is 23.7. The SMILES string of the molecule is O=C(Cn1c2c(sc1=O)[C@@H](c1cccnc1)[C@@H]1C(=O)N(c3ccc([N+](=O)[O-])cc3)C(=O)[C@@H]1S2)Nc1ccccc1C(F)(F)F. The number of non-ortho nitro benzene ring substituents is 1. The minimum Gasteiger partial charge on any atom is -0.324 e. The number of nitro groups is 1. The predicted octanol–water partition coefficient (Wildman–Crippen LogP) is 4.67. The summed E-state index contributed by atoms with van der Waals surface area (Å²) in [6, 6.07) is 12.7. The number of nitrogens with zero attached hydrogens (tertiary/aromatic N) is 4. The standard InChI is InChI=1S/C28H18F3N5O6S2/c29-28(30,31)17-5-1-2-6-18(17)33-19(37)13-34-26-23(44-27(34)40)20(14-4-3-11-32-12-14)21-22(43-26)25(39)35(24(21)38)15-7-9-16(10-8-15)36(41)42/h1-12,20-22H,13H2,(H,33,37)/t20-,21-,22+/m0/s1. The number of thiazole rings is 1. The fraction of sp³-hybridized carbons (Fsp3) is 0.179. The molecule has 1 N–H and O–H groups in total. The molecule has 2 aliphatic rings. The Morgan fingerprint density at radius 1 is 1.02 bits per heavy atom. The van der Waals surface area contributed by atoms with Crippen LogP contribution in [-0.4, -0.2) is 37.4 Å². The maximum absolute atomic E-state index is 13.8. The number of para-hydroxylation sites is 1. The number of hydrogen-bond acceptors (Lipinski definition) is 9. The number of halogens is 3. The van der Waals surface area contributed by atoms with Gasteiger partial charge in [0.2, 0.25) is 17.7 Å². The molecule has 0 aliphatic carbocycles. The van der Waals surface area contributed by atoms with E-state index < -0.39 is 68.6 Å². The Balaban J connectivity index is 1.37. The number of amides is 3. The molecule has 0 spiro atoms. The third-order valence-corrected chi connectivity index (χ3v) is 9.82. The van der Waals surface area contributed by atoms with E-state index in [2.05, 4.69) is 10.3 Å². The maximum Gasteiger partial charge on any atom is 0.418 e. The van der Waals surface area contributed by atoms with Crippen LogP contribution < -0.4 is 15.1 Å². The molecular weight excluding hydrogens is 623 g/mol. The molecule has 11 nitrogen and oxygen atoms in total. The van der Waals surface area contributed by atoms with E-state index in [4.69, 9.17) is 0 Å². The number of nitrogens with one attached hydrogen (secondary N) is 1. The Kier molecular flexibility index (Phi) is 7.33. The van der Waals surface area contributed by atoms with Crippen molar-refractivity contribution < 1.29 is 32.5 Å². The molecule has 1 saturated heterocycles. The molecule has 3 amide bonds. The van der Waals surface area contributed by atoms with Crippen LogP contribution in [0.25, 0.3) is 0 Å². The third-order valence-electron chi connectivity index (χ3n) is 7.22. The highest BCUT2D eigenvalue weighted by Crippen LogP contribution is 2.53. The smallest absolute Gasteiger partial charge is 0.324 e. The van der Waals surface area contributed by atoms with E-state index in [1.54, 1.807) is 12.1 Å². The van der Waals surface area contributed by atoms with Gasteiger partial charge in [0.25, 0.3) is 5.69 Å². The van der Waals surface area contributed by atoms with Crippen LogP contribution >= 0.6 is 23.1 Å². The summed E-state index contributed by atoms with van der Waals surface area (Å²) in [5.74, 6) is -3.87. The van der Waals surface area contributed by atoms with Crippen LogP contribution in [0.5, 0.6) is 0 Å². The number of carbonyl (C=O) groups excluding carboxylic acids is 3. The van der Waals surface area contributed by atoms with E-state index in [1.165, 1.54) is 48.8 Å². The zero-order chi connectivity index (χ0) is 31.3. The van der Waals surface area contributed by atoms with Gasteiger partial charge < -0.3 is 5.32 Å². The molecule has 0 unspecified atom stereocenters. The highest BCUT2D eigenvalue weighted by Gasteiger charge is 2.57. The lowest BCUT2D eigenvalue weighted by atomic mass is 9.84. The van der Waals surface area contributed by atoms with Gasteiger partial charge in [0, 0.05) is 35.3 Å². The Bertz CT molecular complexity index is 1880. The Hall–Kier alpha value is -4.83. The summed E-state index contributed by atoms with van der Waals surface area (Å²) in [6.07, 6.45) is -1.71. The Labute approximate surface area is 253 Å². The number of anilines is 2. The molecule has 1 fully saturated rings. The minimum absolute atomic E-state index is 0.133. The lowest BCUT2D eigenvalue weighted by molar-refractivity contribution is -0.384. The molecule has 2 aromatic heterocycles. The molecule has 0 radical (unpaired) electrons. The molecule has 3 atom stereocenters. The molecule has 0 bridgehead atoms. The summed E-state index contributed by atoms with van der Waals surface area (Å²) < 4.78 is 41.5. The molecule has 4 heterocycles. The molecule has 44 heavy (non-hydrogen) atoms. The number of pyridine rings is 1. The van der Waals surface area contributed by atoms with Crippen LogP contribution in [0.1, 0.15) is 21.9 Å². The van der Waals surface area contributed by atoms with E-state index >= 15 is 0 Å². The average molecular weight is 642 g/mol. The van der Waals surface area contributed by atoms with Crippen LogP contribution in [0.4, 0.5) is 30.2 Å². The first-order valence-corrected chi connectivity index (χ1v) is 14.5. The summed E-state index contributed by atoms with van der Waals surface area (Å²) in [7, 11) is 0. The largest absolute Gasteiger partial charge is 0.418 e. The predicted molar refractivity (Wildman–Crippen MR) is 153 cm³/mol.